The van der Waals surface area contributed by atoms with Gasteiger partial charge in [0.15, 0.2) is 0 Å². The third-order valence-electron chi connectivity index (χ3n) is 4.93. The molecule has 126 valence electrons. The minimum Gasteiger partial charge on any atom is -0.392 e. The SMILES string of the molecule is O=C(NCC1(c2ccc(Br)cc2)CCOCC1)C1CC(O)CN1. The largest absolute Gasteiger partial charge is 0.392 e. The Labute approximate surface area is 144 Å². The Hall–Kier alpha value is -0.950. The van der Waals surface area contributed by atoms with Crippen LogP contribution in [0.5, 0.6) is 0 Å². The van der Waals surface area contributed by atoms with Crippen LogP contribution in [0, 0.1) is 0 Å². The molecular formula is C17H23BrN2O3. The molecule has 2 aliphatic heterocycles. The molecule has 2 saturated heterocycles. The molecule has 2 fully saturated rings. The Morgan fingerprint density at radius 3 is 2.65 bits per heavy atom. The molecule has 0 bridgehead atoms. The maximum Gasteiger partial charge on any atom is 0.237 e. The van der Waals surface area contributed by atoms with E-state index in [9.17, 15) is 9.90 Å². The van der Waals surface area contributed by atoms with Gasteiger partial charge in [0.05, 0.1) is 12.1 Å². The Bertz CT molecular complexity index is 543. The Kier molecular flexibility index (Phi) is 5.36. The molecule has 0 radical (unpaired) electrons. The first-order chi connectivity index (χ1) is 11.1. The molecule has 2 aliphatic rings. The maximum absolute atomic E-state index is 12.3. The maximum atomic E-state index is 12.3. The minimum atomic E-state index is -0.422. The number of halogens is 1. The van der Waals surface area contributed by atoms with Crippen LogP contribution in [-0.4, -0.2) is 49.5 Å². The van der Waals surface area contributed by atoms with E-state index in [1.54, 1.807) is 0 Å². The zero-order valence-corrected chi connectivity index (χ0v) is 14.6. The molecular weight excluding hydrogens is 360 g/mol. The highest BCUT2D eigenvalue weighted by molar-refractivity contribution is 9.10. The Morgan fingerprint density at radius 1 is 1.35 bits per heavy atom. The topological polar surface area (TPSA) is 70.6 Å². The molecule has 1 aromatic rings. The van der Waals surface area contributed by atoms with Crippen molar-refractivity contribution in [1.82, 2.24) is 10.6 Å². The summed E-state index contributed by atoms with van der Waals surface area (Å²) < 4.78 is 6.58. The van der Waals surface area contributed by atoms with E-state index in [4.69, 9.17) is 4.74 Å². The van der Waals surface area contributed by atoms with Crippen molar-refractivity contribution in [2.45, 2.75) is 36.8 Å². The van der Waals surface area contributed by atoms with Crippen LogP contribution in [0.1, 0.15) is 24.8 Å². The molecule has 6 heteroatoms. The molecule has 23 heavy (non-hydrogen) atoms. The summed E-state index contributed by atoms with van der Waals surface area (Å²) in [5.41, 5.74) is 1.16. The van der Waals surface area contributed by atoms with Crippen molar-refractivity contribution in [1.29, 1.82) is 0 Å². The van der Waals surface area contributed by atoms with E-state index in [0.717, 1.165) is 17.3 Å². The molecule has 3 rings (SSSR count). The Morgan fingerprint density at radius 2 is 2.04 bits per heavy atom. The lowest BCUT2D eigenvalue weighted by atomic mass is 9.74. The van der Waals surface area contributed by atoms with Crippen molar-refractivity contribution in [3.8, 4) is 0 Å². The number of nitrogens with one attached hydrogen (secondary N) is 2. The number of amides is 1. The van der Waals surface area contributed by atoms with E-state index in [1.165, 1.54) is 5.56 Å². The van der Waals surface area contributed by atoms with Crippen LogP contribution >= 0.6 is 15.9 Å². The van der Waals surface area contributed by atoms with Gasteiger partial charge in [0, 0.05) is 36.2 Å². The highest BCUT2D eigenvalue weighted by Gasteiger charge is 2.36. The third kappa shape index (κ3) is 3.94. The average molecular weight is 383 g/mol. The molecule has 5 nitrogen and oxygen atoms in total. The summed E-state index contributed by atoms with van der Waals surface area (Å²) in [5.74, 6) is -0.0236. The molecule has 1 aromatic carbocycles. The van der Waals surface area contributed by atoms with E-state index in [0.29, 0.717) is 32.7 Å². The zero-order valence-electron chi connectivity index (χ0n) is 13.1. The highest BCUT2D eigenvalue weighted by Crippen LogP contribution is 2.35. The molecule has 0 spiro atoms. The first-order valence-corrected chi connectivity index (χ1v) is 8.91. The van der Waals surface area contributed by atoms with E-state index in [2.05, 4.69) is 38.7 Å². The molecule has 3 N–H and O–H groups in total. The van der Waals surface area contributed by atoms with Crippen molar-refractivity contribution in [2.24, 2.45) is 0 Å². The van der Waals surface area contributed by atoms with Gasteiger partial charge in [-0.3, -0.25) is 4.79 Å². The number of ether oxygens (including phenoxy) is 1. The molecule has 2 heterocycles. The van der Waals surface area contributed by atoms with Crippen molar-refractivity contribution in [2.75, 3.05) is 26.3 Å². The van der Waals surface area contributed by atoms with Gasteiger partial charge >= 0.3 is 0 Å². The van der Waals surface area contributed by atoms with E-state index in [-0.39, 0.29) is 17.4 Å². The quantitative estimate of drug-likeness (QED) is 0.734. The van der Waals surface area contributed by atoms with Crippen LogP contribution in [0.2, 0.25) is 0 Å². The second-order valence-corrected chi connectivity index (χ2v) is 7.38. The predicted octanol–water partition coefficient (Wildman–Crippen LogP) is 1.34. The summed E-state index contributed by atoms with van der Waals surface area (Å²) in [6, 6.07) is 8.05. The van der Waals surface area contributed by atoms with Crippen molar-refractivity contribution < 1.29 is 14.6 Å². The van der Waals surface area contributed by atoms with Crippen LogP contribution in [0.3, 0.4) is 0 Å². The number of carbonyl (C=O) groups is 1. The fourth-order valence-electron chi connectivity index (χ4n) is 3.43. The average Bonchev–Trinajstić information content (AvgIpc) is 3.01. The van der Waals surface area contributed by atoms with Gasteiger partial charge < -0.3 is 20.5 Å². The summed E-state index contributed by atoms with van der Waals surface area (Å²) in [4.78, 5) is 12.3. The number of rotatable bonds is 4. The lowest BCUT2D eigenvalue weighted by Gasteiger charge is -2.38. The van der Waals surface area contributed by atoms with Crippen molar-refractivity contribution in [3.63, 3.8) is 0 Å². The molecule has 1 amide bonds. The summed E-state index contributed by atoms with van der Waals surface area (Å²) in [5, 5.41) is 15.7. The van der Waals surface area contributed by atoms with Crippen LogP contribution in [0.25, 0.3) is 0 Å². The number of aliphatic hydroxyl groups is 1. The summed E-state index contributed by atoms with van der Waals surface area (Å²) in [6.45, 7) is 2.52. The molecule has 0 aliphatic carbocycles. The van der Waals surface area contributed by atoms with Gasteiger partial charge in [-0.2, -0.15) is 0 Å². The van der Waals surface area contributed by atoms with Gasteiger partial charge in [-0.05, 0) is 37.0 Å². The third-order valence-corrected chi connectivity index (χ3v) is 5.46. The lowest BCUT2D eigenvalue weighted by molar-refractivity contribution is -0.123. The lowest BCUT2D eigenvalue weighted by Crippen LogP contribution is -2.48. The number of hydrogen-bond donors (Lipinski definition) is 3. The standard InChI is InChI=1S/C17H23BrN2O3/c18-13-3-1-12(2-4-13)17(5-7-23-8-6-17)11-20-16(22)15-9-14(21)10-19-15/h1-4,14-15,19,21H,5-11H2,(H,20,22). The van der Waals surface area contributed by atoms with Crippen LogP contribution < -0.4 is 10.6 Å². The number of benzene rings is 1. The van der Waals surface area contributed by atoms with Crippen LogP contribution in [0.15, 0.2) is 28.7 Å². The molecule has 0 saturated carbocycles. The molecule has 2 atom stereocenters. The smallest absolute Gasteiger partial charge is 0.237 e. The van der Waals surface area contributed by atoms with E-state index in [1.807, 2.05) is 12.1 Å². The van der Waals surface area contributed by atoms with E-state index >= 15 is 0 Å². The second-order valence-electron chi connectivity index (χ2n) is 6.47. The molecule has 2 unspecified atom stereocenters. The summed E-state index contributed by atoms with van der Waals surface area (Å²) in [7, 11) is 0. The predicted molar refractivity (Wildman–Crippen MR) is 91.3 cm³/mol. The monoisotopic (exact) mass is 382 g/mol. The normalized spacial score (nSPS) is 26.9. The number of aliphatic hydroxyl groups excluding tert-OH is 1. The van der Waals surface area contributed by atoms with Crippen molar-refractivity contribution >= 4 is 21.8 Å². The Balaban J connectivity index is 1.69. The van der Waals surface area contributed by atoms with E-state index < -0.39 is 6.10 Å². The van der Waals surface area contributed by atoms with Gasteiger partial charge in [0.2, 0.25) is 5.91 Å². The molecule has 0 aromatic heterocycles. The van der Waals surface area contributed by atoms with Gasteiger partial charge in [-0.15, -0.1) is 0 Å². The van der Waals surface area contributed by atoms with Gasteiger partial charge in [-0.25, -0.2) is 0 Å². The van der Waals surface area contributed by atoms with Gasteiger partial charge in [0.1, 0.15) is 0 Å². The fraction of sp³-hybridized carbons (Fsp3) is 0.588. The number of hydrogen-bond acceptors (Lipinski definition) is 4. The number of carbonyl (C=O) groups excluding carboxylic acids is 1. The first kappa shape index (κ1) is 16.9. The first-order valence-electron chi connectivity index (χ1n) is 8.12. The van der Waals surface area contributed by atoms with Crippen LogP contribution in [0.4, 0.5) is 0 Å². The number of β-amino-alcohol motifs (C(OH)–C–C–N with tert-alkyl or cyclic N) is 1. The van der Waals surface area contributed by atoms with Gasteiger partial charge in [-0.1, -0.05) is 28.1 Å². The van der Waals surface area contributed by atoms with Crippen molar-refractivity contribution in [3.05, 3.63) is 34.3 Å². The fourth-order valence-corrected chi connectivity index (χ4v) is 3.69. The highest BCUT2D eigenvalue weighted by atomic mass is 79.9. The van der Waals surface area contributed by atoms with Gasteiger partial charge in [0.25, 0.3) is 0 Å². The summed E-state index contributed by atoms with van der Waals surface area (Å²) >= 11 is 3.47. The minimum absolute atomic E-state index is 0.0236. The van der Waals surface area contributed by atoms with Crippen LogP contribution in [-0.2, 0) is 14.9 Å². The zero-order chi connectivity index (χ0) is 16.3. The summed E-state index contributed by atoms with van der Waals surface area (Å²) in [6.07, 6.45) is 1.86. The second kappa shape index (κ2) is 7.30.